The van der Waals surface area contributed by atoms with Gasteiger partial charge in [0.05, 0.1) is 20.5 Å². The summed E-state index contributed by atoms with van der Waals surface area (Å²) in [5, 5.41) is 2.95. The van der Waals surface area contributed by atoms with Gasteiger partial charge in [-0.1, -0.05) is 0 Å². The molecule has 1 aliphatic heterocycles. The summed E-state index contributed by atoms with van der Waals surface area (Å²) in [6.45, 7) is 1.14. The van der Waals surface area contributed by atoms with Crippen molar-refractivity contribution < 1.29 is 23.5 Å². The van der Waals surface area contributed by atoms with Gasteiger partial charge in [0.25, 0.3) is 11.8 Å². The first-order valence-corrected chi connectivity index (χ1v) is 8.47. The highest BCUT2D eigenvalue weighted by molar-refractivity contribution is 5.95. The van der Waals surface area contributed by atoms with Gasteiger partial charge in [-0.2, -0.15) is 0 Å². The van der Waals surface area contributed by atoms with Gasteiger partial charge >= 0.3 is 0 Å². The molecule has 1 aromatic carbocycles. The molecule has 0 unspecified atom stereocenters. The van der Waals surface area contributed by atoms with Crippen molar-refractivity contribution in [1.82, 2.24) is 10.2 Å². The van der Waals surface area contributed by atoms with Gasteiger partial charge in [0.2, 0.25) is 0 Å². The maximum Gasteiger partial charge on any atom is 0.287 e. The highest BCUT2D eigenvalue weighted by Gasteiger charge is 2.26. The number of likely N-dealkylation sites (tertiary alicyclic amines) is 1. The van der Waals surface area contributed by atoms with Crippen LogP contribution in [0.15, 0.2) is 41.0 Å². The molecule has 0 atom stereocenters. The molecule has 1 aromatic heterocycles. The molecule has 2 amide bonds. The summed E-state index contributed by atoms with van der Waals surface area (Å²) in [6.07, 6.45) is 2.86. The highest BCUT2D eigenvalue weighted by atomic mass is 16.5. The van der Waals surface area contributed by atoms with Crippen molar-refractivity contribution in [2.24, 2.45) is 0 Å². The molecular weight excluding hydrogens is 336 g/mol. The number of hydrogen-bond acceptors (Lipinski definition) is 5. The molecule has 1 fully saturated rings. The molecule has 0 saturated carbocycles. The van der Waals surface area contributed by atoms with E-state index in [1.807, 2.05) is 0 Å². The van der Waals surface area contributed by atoms with Crippen molar-refractivity contribution in [1.29, 1.82) is 0 Å². The van der Waals surface area contributed by atoms with E-state index in [1.54, 1.807) is 49.5 Å². The van der Waals surface area contributed by atoms with Crippen LogP contribution < -0.4 is 14.8 Å². The van der Waals surface area contributed by atoms with E-state index in [-0.39, 0.29) is 17.9 Å². The largest absolute Gasteiger partial charge is 0.497 e. The third-order valence-corrected chi connectivity index (χ3v) is 4.46. The summed E-state index contributed by atoms with van der Waals surface area (Å²) in [6, 6.07) is 8.47. The minimum absolute atomic E-state index is 0.0245. The predicted molar refractivity (Wildman–Crippen MR) is 94.6 cm³/mol. The van der Waals surface area contributed by atoms with E-state index in [2.05, 4.69) is 5.32 Å². The van der Waals surface area contributed by atoms with Gasteiger partial charge in [0.15, 0.2) is 5.76 Å². The Balaban J connectivity index is 1.59. The van der Waals surface area contributed by atoms with Crippen molar-refractivity contribution in [3.63, 3.8) is 0 Å². The second-order valence-electron chi connectivity index (χ2n) is 6.12. The third kappa shape index (κ3) is 3.99. The van der Waals surface area contributed by atoms with Crippen molar-refractivity contribution in [2.45, 2.75) is 18.9 Å². The zero-order valence-electron chi connectivity index (χ0n) is 14.9. The first kappa shape index (κ1) is 17.8. The second kappa shape index (κ2) is 7.95. The third-order valence-electron chi connectivity index (χ3n) is 4.46. The van der Waals surface area contributed by atoms with Gasteiger partial charge < -0.3 is 24.1 Å². The molecule has 0 radical (unpaired) electrons. The van der Waals surface area contributed by atoms with Crippen LogP contribution in [-0.4, -0.2) is 50.1 Å². The van der Waals surface area contributed by atoms with E-state index in [4.69, 9.17) is 13.9 Å². The molecule has 138 valence electrons. The Labute approximate surface area is 151 Å². The molecule has 2 heterocycles. The minimum Gasteiger partial charge on any atom is -0.497 e. The summed E-state index contributed by atoms with van der Waals surface area (Å²) < 4.78 is 15.5. The number of carbonyl (C=O) groups excluding carboxylic acids is 2. The van der Waals surface area contributed by atoms with E-state index in [0.717, 1.165) is 0 Å². The molecule has 0 spiro atoms. The van der Waals surface area contributed by atoms with E-state index in [0.29, 0.717) is 48.8 Å². The van der Waals surface area contributed by atoms with Crippen molar-refractivity contribution >= 4 is 11.8 Å². The Morgan fingerprint density at radius 3 is 2.31 bits per heavy atom. The summed E-state index contributed by atoms with van der Waals surface area (Å²) >= 11 is 0. The van der Waals surface area contributed by atoms with Gasteiger partial charge in [-0.3, -0.25) is 9.59 Å². The minimum atomic E-state index is -0.225. The van der Waals surface area contributed by atoms with Crippen molar-refractivity contribution in [3.05, 3.63) is 47.9 Å². The SMILES string of the molecule is COc1cc(OC)cc(C(=O)N2CCC(NC(=O)c3ccco3)CC2)c1. The zero-order chi connectivity index (χ0) is 18.5. The number of ether oxygens (including phenoxy) is 2. The average Bonchev–Trinajstić information content (AvgIpc) is 3.22. The topological polar surface area (TPSA) is 81.0 Å². The number of carbonyl (C=O) groups is 2. The van der Waals surface area contributed by atoms with Gasteiger partial charge in [-0.15, -0.1) is 0 Å². The molecule has 1 N–H and O–H groups in total. The molecule has 7 heteroatoms. The van der Waals surface area contributed by atoms with E-state index < -0.39 is 0 Å². The molecule has 2 aromatic rings. The fourth-order valence-electron chi connectivity index (χ4n) is 3.00. The Kier molecular flexibility index (Phi) is 5.46. The molecule has 1 aliphatic rings. The van der Waals surface area contributed by atoms with Crippen LogP contribution in [-0.2, 0) is 0 Å². The average molecular weight is 358 g/mol. The quantitative estimate of drug-likeness (QED) is 0.887. The lowest BCUT2D eigenvalue weighted by Gasteiger charge is -2.32. The maximum atomic E-state index is 12.8. The monoisotopic (exact) mass is 358 g/mol. The number of piperidine rings is 1. The molecule has 3 rings (SSSR count). The van der Waals surface area contributed by atoms with Crippen LogP contribution >= 0.6 is 0 Å². The normalized spacial score (nSPS) is 14.8. The fourth-order valence-corrected chi connectivity index (χ4v) is 3.00. The van der Waals surface area contributed by atoms with E-state index in [9.17, 15) is 9.59 Å². The first-order chi connectivity index (χ1) is 12.6. The molecule has 0 aliphatic carbocycles. The Hall–Kier alpha value is -2.96. The molecule has 1 saturated heterocycles. The van der Waals surface area contributed by atoms with Crippen LogP contribution in [0.25, 0.3) is 0 Å². The lowest BCUT2D eigenvalue weighted by molar-refractivity contribution is 0.0695. The van der Waals surface area contributed by atoms with Crippen LogP contribution in [0.3, 0.4) is 0 Å². The number of amides is 2. The van der Waals surface area contributed by atoms with Crippen LogP contribution in [0.2, 0.25) is 0 Å². The summed E-state index contributed by atoms with van der Waals surface area (Å²) in [7, 11) is 3.10. The number of nitrogens with one attached hydrogen (secondary N) is 1. The van der Waals surface area contributed by atoms with E-state index in [1.165, 1.54) is 6.26 Å². The lowest BCUT2D eigenvalue weighted by Crippen LogP contribution is -2.46. The fraction of sp³-hybridized carbons (Fsp3) is 0.368. The number of nitrogens with zero attached hydrogens (tertiary/aromatic N) is 1. The van der Waals surface area contributed by atoms with Crippen LogP contribution in [0.4, 0.5) is 0 Å². The maximum absolute atomic E-state index is 12.8. The molecular formula is C19H22N2O5. The first-order valence-electron chi connectivity index (χ1n) is 8.47. The lowest BCUT2D eigenvalue weighted by atomic mass is 10.0. The van der Waals surface area contributed by atoms with Gasteiger partial charge in [-0.25, -0.2) is 0 Å². The van der Waals surface area contributed by atoms with Crippen LogP contribution in [0.1, 0.15) is 33.8 Å². The number of benzene rings is 1. The Bertz CT molecular complexity index is 742. The molecule has 26 heavy (non-hydrogen) atoms. The Morgan fingerprint density at radius 2 is 1.77 bits per heavy atom. The highest BCUT2D eigenvalue weighted by Crippen LogP contribution is 2.24. The molecule has 7 nitrogen and oxygen atoms in total. The van der Waals surface area contributed by atoms with Crippen LogP contribution in [0.5, 0.6) is 11.5 Å². The number of hydrogen-bond donors (Lipinski definition) is 1. The van der Waals surface area contributed by atoms with Gasteiger partial charge in [0, 0.05) is 30.8 Å². The van der Waals surface area contributed by atoms with Crippen molar-refractivity contribution in [3.8, 4) is 11.5 Å². The van der Waals surface area contributed by atoms with Crippen LogP contribution in [0, 0.1) is 0 Å². The zero-order valence-corrected chi connectivity index (χ0v) is 14.9. The molecule has 0 bridgehead atoms. The number of rotatable bonds is 5. The standard InChI is InChI=1S/C19H22N2O5/c1-24-15-10-13(11-16(12-15)25-2)19(23)21-7-5-14(6-8-21)20-18(22)17-4-3-9-26-17/h3-4,9-12,14H,5-8H2,1-2H3,(H,20,22). The van der Waals surface area contributed by atoms with Crippen molar-refractivity contribution in [2.75, 3.05) is 27.3 Å². The van der Waals surface area contributed by atoms with E-state index >= 15 is 0 Å². The smallest absolute Gasteiger partial charge is 0.287 e. The van der Waals surface area contributed by atoms with Gasteiger partial charge in [-0.05, 0) is 37.1 Å². The summed E-state index contributed by atoms with van der Waals surface area (Å²) in [5.74, 6) is 1.16. The summed E-state index contributed by atoms with van der Waals surface area (Å²) in [5.41, 5.74) is 0.527. The Morgan fingerprint density at radius 1 is 1.12 bits per heavy atom. The number of methoxy groups -OCH3 is 2. The number of furan rings is 1. The van der Waals surface area contributed by atoms with Gasteiger partial charge in [0.1, 0.15) is 11.5 Å². The summed E-state index contributed by atoms with van der Waals surface area (Å²) in [4.78, 5) is 26.6. The second-order valence-corrected chi connectivity index (χ2v) is 6.12. The predicted octanol–water partition coefficient (Wildman–Crippen LogP) is 2.33.